The van der Waals surface area contributed by atoms with Crippen LogP contribution in [0.15, 0.2) is 6.20 Å². The lowest BCUT2D eigenvalue weighted by molar-refractivity contribution is 0.740. The average molecular weight is 357 g/mol. The van der Waals surface area contributed by atoms with Gasteiger partial charge in [-0.3, -0.25) is 4.68 Å². The van der Waals surface area contributed by atoms with Crippen molar-refractivity contribution < 1.29 is 0 Å². The van der Waals surface area contributed by atoms with Gasteiger partial charge in [0, 0.05) is 12.7 Å². The maximum Gasteiger partial charge on any atom is 0.165 e. The molecular weight excluding hydrogens is 341 g/mol. The molecule has 0 radical (unpaired) electrons. The molecule has 2 N–H and O–H groups in total. The van der Waals surface area contributed by atoms with E-state index in [4.69, 9.17) is 5.73 Å². The normalized spacial score (nSPS) is 10.9. The molecule has 2 aromatic rings. The minimum absolute atomic E-state index is 0.548. The monoisotopic (exact) mass is 357 g/mol. The highest BCUT2D eigenvalue weighted by molar-refractivity contribution is 14.1. The number of nitrogens with two attached hydrogens (primary N) is 1. The standard InChI is InChI=1S/C12H16IN5/c1-4-5-9-10(13)11(14)17-12(16-9)8-6-15-18(3)7(8)2/h6H,4-5H2,1-3H3,(H2,14,16,17). The van der Waals surface area contributed by atoms with E-state index in [1.807, 2.05) is 18.7 Å². The Hall–Kier alpha value is -1.18. The third-order valence-corrected chi connectivity index (χ3v) is 4.08. The highest BCUT2D eigenvalue weighted by atomic mass is 127. The van der Waals surface area contributed by atoms with Crippen LogP contribution in [0.4, 0.5) is 5.82 Å². The van der Waals surface area contributed by atoms with Gasteiger partial charge in [0.1, 0.15) is 5.82 Å². The second kappa shape index (κ2) is 5.21. The molecule has 96 valence electrons. The van der Waals surface area contributed by atoms with Crippen LogP contribution >= 0.6 is 22.6 Å². The van der Waals surface area contributed by atoms with E-state index < -0.39 is 0 Å². The zero-order valence-corrected chi connectivity index (χ0v) is 12.9. The summed E-state index contributed by atoms with van der Waals surface area (Å²) in [5.74, 6) is 1.22. The summed E-state index contributed by atoms with van der Waals surface area (Å²) in [5.41, 5.74) is 8.96. The number of aryl methyl sites for hydroxylation is 2. The largest absolute Gasteiger partial charge is 0.383 e. The molecule has 0 aromatic carbocycles. The van der Waals surface area contributed by atoms with E-state index >= 15 is 0 Å². The predicted octanol–water partition coefficient (Wildman–Crippen LogP) is 2.32. The lowest BCUT2D eigenvalue weighted by atomic mass is 10.2. The van der Waals surface area contributed by atoms with Crippen molar-refractivity contribution in [2.45, 2.75) is 26.7 Å². The van der Waals surface area contributed by atoms with Gasteiger partial charge in [-0.05, 0) is 35.9 Å². The van der Waals surface area contributed by atoms with E-state index in [0.29, 0.717) is 11.6 Å². The molecule has 2 heterocycles. The summed E-state index contributed by atoms with van der Waals surface area (Å²) in [5, 5.41) is 4.21. The molecule has 0 aliphatic heterocycles. The first-order chi connectivity index (χ1) is 8.54. The summed E-state index contributed by atoms with van der Waals surface area (Å²) in [6.07, 6.45) is 3.74. The van der Waals surface area contributed by atoms with Crippen molar-refractivity contribution in [1.82, 2.24) is 19.7 Å². The maximum atomic E-state index is 5.96. The predicted molar refractivity (Wildman–Crippen MR) is 80.1 cm³/mol. The SMILES string of the molecule is CCCc1nc(-c2cnn(C)c2C)nc(N)c1I. The van der Waals surface area contributed by atoms with Gasteiger partial charge in [0.05, 0.1) is 21.0 Å². The van der Waals surface area contributed by atoms with Crippen LogP contribution in [0.2, 0.25) is 0 Å². The molecule has 0 saturated heterocycles. The number of hydrogen-bond acceptors (Lipinski definition) is 4. The van der Waals surface area contributed by atoms with Gasteiger partial charge in [0.15, 0.2) is 5.82 Å². The van der Waals surface area contributed by atoms with Crippen LogP contribution in [0, 0.1) is 10.5 Å². The van der Waals surface area contributed by atoms with Crippen molar-refractivity contribution in [1.29, 1.82) is 0 Å². The topological polar surface area (TPSA) is 69.6 Å². The molecule has 5 nitrogen and oxygen atoms in total. The number of rotatable bonds is 3. The maximum absolute atomic E-state index is 5.96. The molecule has 0 fully saturated rings. The molecule has 0 amide bonds. The second-order valence-electron chi connectivity index (χ2n) is 4.21. The fourth-order valence-corrected chi connectivity index (χ4v) is 2.26. The zero-order chi connectivity index (χ0) is 13.3. The Bertz CT molecular complexity index is 576. The Morgan fingerprint density at radius 3 is 2.67 bits per heavy atom. The van der Waals surface area contributed by atoms with Crippen molar-refractivity contribution >= 4 is 28.4 Å². The Balaban J connectivity index is 2.55. The van der Waals surface area contributed by atoms with E-state index in [1.165, 1.54) is 0 Å². The smallest absolute Gasteiger partial charge is 0.165 e. The van der Waals surface area contributed by atoms with Crippen molar-refractivity contribution in [3.05, 3.63) is 21.2 Å². The molecule has 18 heavy (non-hydrogen) atoms. The number of hydrogen-bond donors (Lipinski definition) is 1. The van der Waals surface area contributed by atoms with E-state index in [9.17, 15) is 0 Å². The number of nitrogen functional groups attached to an aromatic ring is 1. The van der Waals surface area contributed by atoms with Crippen molar-refractivity contribution in [3.8, 4) is 11.4 Å². The van der Waals surface area contributed by atoms with Gasteiger partial charge in [-0.2, -0.15) is 5.10 Å². The van der Waals surface area contributed by atoms with E-state index in [0.717, 1.165) is 33.4 Å². The summed E-state index contributed by atoms with van der Waals surface area (Å²) in [6, 6.07) is 0. The molecule has 0 atom stereocenters. The number of anilines is 1. The van der Waals surface area contributed by atoms with Crippen LogP contribution in [0.25, 0.3) is 11.4 Å². The molecule has 0 unspecified atom stereocenters. The number of halogens is 1. The minimum atomic E-state index is 0.548. The van der Waals surface area contributed by atoms with Gasteiger partial charge in [0.2, 0.25) is 0 Å². The summed E-state index contributed by atoms with van der Waals surface area (Å²) >= 11 is 2.21. The van der Waals surface area contributed by atoms with Crippen LogP contribution in [0.5, 0.6) is 0 Å². The summed E-state index contributed by atoms with van der Waals surface area (Å²) in [6.45, 7) is 4.13. The molecule has 6 heteroatoms. The van der Waals surface area contributed by atoms with Gasteiger partial charge >= 0.3 is 0 Å². The fourth-order valence-electron chi connectivity index (χ4n) is 1.75. The molecule has 0 spiro atoms. The van der Waals surface area contributed by atoms with Crippen molar-refractivity contribution in [2.75, 3.05) is 5.73 Å². The van der Waals surface area contributed by atoms with Crippen LogP contribution in [-0.4, -0.2) is 19.7 Å². The summed E-state index contributed by atoms with van der Waals surface area (Å²) < 4.78 is 2.77. The number of aromatic nitrogens is 4. The molecule has 0 saturated carbocycles. The second-order valence-corrected chi connectivity index (χ2v) is 5.29. The lowest BCUT2D eigenvalue weighted by Gasteiger charge is -2.08. The van der Waals surface area contributed by atoms with Gasteiger partial charge < -0.3 is 5.73 Å². The highest BCUT2D eigenvalue weighted by Crippen LogP contribution is 2.24. The zero-order valence-electron chi connectivity index (χ0n) is 10.7. The highest BCUT2D eigenvalue weighted by Gasteiger charge is 2.14. The molecule has 0 aliphatic rings. The van der Waals surface area contributed by atoms with Crippen LogP contribution < -0.4 is 5.73 Å². The van der Waals surface area contributed by atoms with E-state index in [1.54, 1.807) is 6.20 Å². The fraction of sp³-hybridized carbons (Fsp3) is 0.417. The van der Waals surface area contributed by atoms with Gasteiger partial charge in [-0.15, -0.1) is 0 Å². The van der Waals surface area contributed by atoms with E-state index in [-0.39, 0.29) is 0 Å². The first-order valence-electron chi connectivity index (χ1n) is 5.85. The first-order valence-corrected chi connectivity index (χ1v) is 6.93. The van der Waals surface area contributed by atoms with Gasteiger partial charge in [0.25, 0.3) is 0 Å². The van der Waals surface area contributed by atoms with Crippen molar-refractivity contribution in [3.63, 3.8) is 0 Å². The molecular formula is C12H16IN5. The third kappa shape index (κ3) is 2.33. The van der Waals surface area contributed by atoms with Crippen LogP contribution in [0.3, 0.4) is 0 Å². The van der Waals surface area contributed by atoms with E-state index in [2.05, 4.69) is 44.6 Å². The number of nitrogens with zero attached hydrogens (tertiary/aromatic N) is 4. The lowest BCUT2D eigenvalue weighted by Crippen LogP contribution is -2.05. The Labute approximate surface area is 120 Å². The molecule has 0 aliphatic carbocycles. The summed E-state index contributed by atoms with van der Waals surface area (Å²) in [7, 11) is 1.90. The molecule has 2 rings (SSSR count). The Kier molecular flexibility index (Phi) is 3.84. The van der Waals surface area contributed by atoms with Crippen LogP contribution in [0.1, 0.15) is 24.7 Å². The van der Waals surface area contributed by atoms with Crippen molar-refractivity contribution in [2.24, 2.45) is 7.05 Å². The summed E-state index contributed by atoms with van der Waals surface area (Å²) in [4.78, 5) is 8.98. The Morgan fingerprint density at radius 2 is 2.11 bits per heavy atom. The Morgan fingerprint density at radius 1 is 1.39 bits per heavy atom. The minimum Gasteiger partial charge on any atom is -0.383 e. The van der Waals surface area contributed by atoms with Gasteiger partial charge in [-0.1, -0.05) is 13.3 Å². The van der Waals surface area contributed by atoms with Crippen LogP contribution in [-0.2, 0) is 13.5 Å². The third-order valence-electron chi connectivity index (χ3n) is 2.91. The quantitative estimate of drug-likeness (QED) is 0.856. The average Bonchev–Trinajstić information content (AvgIpc) is 2.66. The first kappa shape index (κ1) is 13.3. The molecule has 2 aromatic heterocycles. The van der Waals surface area contributed by atoms with Gasteiger partial charge in [-0.25, -0.2) is 9.97 Å². The molecule has 0 bridgehead atoms.